The molecule has 2 aromatic rings. The van der Waals surface area contributed by atoms with Crippen molar-refractivity contribution in [3.05, 3.63) is 35.2 Å². The van der Waals surface area contributed by atoms with Gasteiger partial charge in [-0.3, -0.25) is 0 Å². The van der Waals surface area contributed by atoms with Gasteiger partial charge in [0.25, 0.3) is 0 Å². The Bertz CT molecular complexity index is 479. The summed E-state index contributed by atoms with van der Waals surface area (Å²) in [5, 5.41) is 13.9. The Morgan fingerprint density at radius 1 is 1.35 bits per heavy atom. The van der Waals surface area contributed by atoms with Crippen molar-refractivity contribution in [2.45, 2.75) is 26.2 Å². The highest BCUT2D eigenvalue weighted by atomic mass is 16.5. The number of nitrogens with one attached hydrogen (secondary N) is 1. The predicted octanol–water partition coefficient (Wildman–Crippen LogP) is 1.92. The van der Waals surface area contributed by atoms with Crippen molar-refractivity contribution < 1.29 is 4.74 Å². The van der Waals surface area contributed by atoms with Gasteiger partial charge in [0.1, 0.15) is 5.75 Å². The van der Waals surface area contributed by atoms with Crippen LogP contribution in [0, 0.1) is 0 Å². The molecule has 0 saturated heterocycles. The Kier molecular flexibility index (Phi) is 3.37. The maximum atomic E-state index is 5.35. The Hall–Kier alpha value is -1.91. The highest BCUT2D eigenvalue weighted by Crippen LogP contribution is 2.27. The number of hydrogen-bond acceptors (Lipinski definition) is 4. The van der Waals surface area contributed by atoms with Crippen molar-refractivity contribution >= 4 is 0 Å². The quantitative estimate of drug-likeness (QED) is 0.874. The van der Waals surface area contributed by atoms with E-state index >= 15 is 0 Å². The number of aromatic amines is 1. The van der Waals surface area contributed by atoms with E-state index in [4.69, 9.17) is 4.74 Å². The molecule has 17 heavy (non-hydrogen) atoms. The van der Waals surface area contributed by atoms with Crippen LogP contribution in [0.25, 0.3) is 0 Å². The minimum Gasteiger partial charge on any atom is -0.496 e. The smallest absolute Gasteiger partial charge is 0.178 e. The maximum absolute atomic E-state index is 5.35. The number of nitrogens with zero attached hydrogens (tertiary/aromatic N) is 3. The second-order valence-corrected chi connectivity index (χ2v) is 4.24. The van der Waals surface area contributed by atoms with E-state index < -0.39 is 0 Å². The Labute approximate surface area is 100 Å². The number of aromatic nitrogens is 4. The van der Waals surface area contributed by atoms with E-state index in [9.17, 15) is 0 Å². The van der Waals surface area contributed by atoms with Gasteiger partial charge in [-0.05, 0) is 23.1 Å². The molecule has 0 amide bonds. The molecule has 0 saturated carbocycles. The van der Waals surface area contributed by atoms with E-state index in [0.29, 0.717) is 18.2 Å². The topological polar surface area (TPSA) is 63.7 Å². The molecule has 90 valence electrons. The van der Waals surface area contributed by atoms with Crippen molar-refractivity contribution in [2.75, 3.05) is 7.11 Å². The van der Waals surface area contributed by atoms with Crippen molar-refractivity contribution in [3.8, 4) is 5.75 Å². The number of ether oxygens (including phenoxy) is 1. The average Bonchev–Trinajstić information content (AvgIpc) is 2.81. The van der Waals surface area contributed by atoms with Crippen molar-refractivity contribution in [2.24, 2.45) is 0 Å². The summed E-state index contributed by atoms with van der Waals surface area (Å²) >= 11 is 0. The molecule has 0 aliphatic carbocycles. The third-order valence-corrected chi connectivity index (χ3v) is 2.67. The lowest BCUT2D eigenvalue weighted by Crippen LogP contribution is -1.98. The first-order valence-corrected chi connectivity index (χ1v) is 5.60. The van der Waals surface area contributed by atoms with Crippen molar-refractivity contribution in [1.29, 1.82) is 0 Å². The van der Waals surface area contributed by atoms with E-state index in [1.807, 2.05) is 12.1 Å². The van der Waals surface area contributed by atoms with Crippen molar-refractivity contribution in [1.82, 2.24) is 20.6 Å². The molecule has 1 aromatic carbocycles. The van der Waals surface area contributed by atoms with Gasteiger partial charge in [0.15, 0.2) is 5.82 Å². The number of hydrogen-bond donors (Lipinski definition) is 1. The SMILES string of the molecule is COc1ccc(Cc2nn[nH]n2)cc1C(C)C. The van der Waals surface area contributed by atoms with E-state index in [2.05, 4.69) is 40.5 Å². The normalized spacial score (nSPS) is 10.8. The number of methoxy groups -OCH3 is 1. The largest absolute Gasteiger partial charge is 0.496 e. The van der Waals surface area contributed by atoms with Gasteiger partial charge in [-0.25, -0.2) is 0 Å². The van der Waals surface area contributed by atoms with Gasteiger partial charge >= 0.3 is 0 Å². The number of benzene rings is 1. The van der Waals surface area contributed by atoms with E-state index in [1.54, 1.807) is 7.11 Å². The van der Waals surface area contributed by atoms with Crippen LogP contribution in [0.3, 0.4) is 0 Å². The summed E-state index contributed by atoms with van der Waals surface area (Å²) in [4.78, 5) is 0. The molecule has 1 aromatic heterocycles. The Balaban J connectivity index is 2.27. The summed E-state index contributed by atoms with van der Waals surface area (Å²) < 4.78 is 5.35. The van der Waals surface area contributed by atoms with Gasteiger partial charge in [-0.1, -0.05) is 31.2 Å². The first-order valence-electron chi connectivity index (χ1n) is 5.60. The second kappa shape index (κ2) is 4.95. The van der Waals surface area contributed by atoms with Crippen LogP contribution in [0.4, 0.5) is 0 Å². The fraction of sp³-hybridized carbons (Fsp3) is 0.417. The van der Waals surface area contributed by atoms with Gasteiger partial charge in [-0.2, -0.15) is 5.21 Å². The standard InChI is InChI=1S/C12H16N4O/c1-8(2)10-6-9(4-5-11(10)17-3)7-12-13-15-16-14-12/h4-6,8H,7H2,1-3H3,(H,13,14,15,16). The highest BCUT2D eigenvalue weighted by Gasteiger charge is 2.09. The molecule has 0 atom stereocenters. The molecule has 0 bridgehead atoms. The first-order chi connectivity index (χ1) is 8.20. The fourth-order valence-electron chi connectivity index (χ4n) is 1.78. The van der Waals surface area contributed by atoms with E-state index in [-0.39, 0.29) is 0 Å². The zero-order valence-corrected chi connectivity index (χ0v) is 10.3. The molecule has 0 fully saturated rings. The molecule has 0 radical (unpaired) electrons. The summed E-state index contributed by atoms with van der Waals surface area (Å²) in [7, 11) is 1.69. The number of H-pyrrole nitrogens is 1. The van der Waals surface area contributed by atoms with Gasteiger partial charge in [0.05, 0.1) is 7.11 Å². The van der Waals surface area contributed by atoms with Crippen LogP contribution in [0.2, 0.25) is 0 Å². The lowest BCUT2D eigenvalue weighted by molar-refractivity contribution is 0.407. The minimum absolute atomic E-state index is 0.426. The Morgan fingerprint density at radius 3 is 2.76 bits per heavy atom. The van der Waals surface area contributed by atoms with E-state index in [0.717, 1.165) is 11.3 Å². The molecule has 5 heteroatoms. The fourth-order valence-corrected chi connectivity index (χ4v) is 1.78. The van der Waals surface area contributed by atoms with Crippen LogP contribution in [-0.2, 0) is 6.42 Å². The van der Waals surface area contributed by atoms with Crippen LogP contribution in [0.15, 0.2) is 18.2 Å². The minimum atomic E-state index is 0.426. The summed E-state index contributed by atoms with van der Waals surface area (Å²) in [6.07, 6.45) is 0.681. The van der Waals surface area contributed by atoms with Crippen LogP contribution in [0.5, 0.6) is 5.75 Å². The molecular weight excluding hydrogens is 216 g/mol. The molecule has 1 N–H and O–H groups in total. The molecule has 0 aliphatic heterocycles. The predicted molar refractivity (Wildman–Crippen MR) is 64.1 cm³/mol. The monoisotopic (exact) mass is 232 g/mol. The van der Waals surface area contributed by atoms with Crippen LogP contribution >= 0.6 is 0 Å². The molecule has 0 spiro atoms. The Morgan fingerprint density at radius 2 is 2.18 bits per heavy atom. The molecular formula is C12H16N4O. The number of tetrazole rings is 1. The highest BCUT2D eigenvalue weighted by molar-refractivity contribution is 5.40. The number of rotatable bonds is 4. The molecule has 0 aliphatic rings. The average molecular weight is 232 g/mol. The molecule has 1 heterocycles. The lowest BCUT2D eigenvalue weighted by atomic mass is 9.98. The van der Waals surface area contributed by atoms with Gasteiger partial charge in [0.2, 0.25) is 0 Å². The summed E-state index contributed by atoms with van der Waals surface area (Å²) in [6, 6.07) is 6.16. The third-order valence-electron chi connectivity index (χ3n) is 2.67. The van der Waals surface area contributed by atoms with Crippen LogP contribution in [-0.4, -0.2) is 27.7 Å². The van der Waals surface area contributed by atoms with Crippen LogP contribution in [0.1, 0.15) is 36.7 Å². The molecule has 5 nitrogen and oxygen atoms in total. The van der Waals surface area contributed by atoms with E-state index in [1.165, 1.54) is 5.56 Å². The summed E-state index contributed by atoms with van der Waals surface area (Å²) in [5.41, 5.74) is 2.37. The molecule has 0 unspecified atom stereocenters. The van der Waals surface area contributed by atoms with Gasteiger partial charge < -0.3 is 4.74 Å². The summed E-state index contributed by atoms with van der Waals surface area (Å²) in [5.74, 6) is 2.05. The van der Waals surface area contributed by atoms with Crippen molar-refractivity contribution in [3.63, 3.8) is 0 Å². The maximum Gasteiger partial charge on any atom is 0.178 e. The van der Waals surface area contributed by atoms with Gasteiger partial charge in [-0.15, -0.1) is 10.2 Å². The zero-order chi connectivity index (χ0) is 12.3. The first kappa shape index (κ1) is 11.6. The molecule has 2 rings (SSSR count). The lowest BCUT2D eigenvalue weighted by Gasteiger charge is -2.12. The third kappa shape index (κ3) is 2.61. The van der Waals surface area contributed by atoms with Crippen LogP contribution < -0.4 is 4.74 Å². The zero-order valence-electron chi connectivity index (χ0n) is 10.3. The van der Waals surface area contributed by atoms with Gasteiger partial charge in [0, 0.05) is 6.42 Å². The summed E-state index contributed by atoms with van der Waals surface area (Å²) in [6.45, 7) is 4.30. The second-order valence-electron chi connectivity index (χ2n) is 4.24.